The second-order valence-electron chi connectivity index (χ2n) is 7.76. The Bertz CT molecular complexity index is 1100. The Hall–Kier alpha value is -3.46. The van der Waals surface area contributed by atoms with Gasteiger partial charge in [0.05, 0.1) is 18.4 Å². The molecule has 0 radical (unpaired) electrons. The topological polar surface area (TPSA) is 116 Å². The van der Waals surface area contributed by atoms with Gasteiger partial charge in [-0.2, -0.15) is 0 Å². The predicted molar refractivity (Wildman–Crippen MR) is 133 cm³/mol. The Morgan fingerprint density at radius 2 is 1.88 bits per heavy atom. The van der Waals surface area contributed by atoms with Gasteiger partial charge in [-0.3, -0.25) is 9.78 Å². The largest absolute Gasteiger partial charge is 0.477 e. The van der Waals surface area contributed by atoms with Crippen molar-refractivity contribution in [1.29, 1.82) is 0 Å². The second kappa shape index (κ2) is 11.4. The Labute approximate surface area is 197 Å². The van der Waals surface area contributed by atoms with Gasteiger partial charge in [0.25, 0.3) is 0 Å². The van der Waals surface area contributed by atoms with E-state index in [4.69, 9.17) is 0 Å². The fraction of sp³-hybridized carbons (Fsp3) is 0.333. The highest BCUT2D eigenvalue weighted by Crippen LogP contribution is 2.31. The summed E-state index contributed by atoms with van der Waals surface area (Å²) in [6, 6.07) is 9.17. The summed E-state index contributed by atoms with van der Waals surface area (Å²) in [6.07, 6.45) is 5.54. The van der Waals surface area contributed by atoms with Crippen molar-refractivity contribution >= 4 is 40.4 Å². The van der Waals surface area contributed by atoms with Gasteiger partial charge >= 0.3 is 5.97 Å². The number of anilines is 3. The molecule has 8 nitrogen and oxygen atoms in total. The Morgan fingerprint density at radius 3 is 2.55 bits per heavy atom. The van der Waals surface area contributed by atoms with Crippen LogP contribution < -0.4 is 16.0 Å². The standard InChI is InChI=1S/C24H29N5O3S/c1-4-15(3)12-17-10-11-25-13-19(17)27-14-20(30)28-18-8-6-16(7-9-18)23-29-22(26-5-2)21(33-23)24(31)32/h6-11,13,15,26-27H,4-5,12,14H2,1-3H3,(H,28,30)(H,31,32). The van der Waals surface area contributed by atoms with Crippen LogP contribution in [0, 0.1) is 5.92 Å². The lowest BCUT2D eigenvalue weighted by atomic mass is 9.98. The first-order valence-corrected chi connectivity index (χ1v) is 11.8. The van der Waals surface area contributed by atoms with Crippen LogP contribution in [0.4, 0.5) is 17.2 Å². The van der Waals surface area contributed by atoms with Crippen LogP contribution in [-0.2, 0) is 11.2 Å². The number of amides is 1. The number of nitrogens with zero attached hydrogens (tertiary/aromatic N) is 2. The minimum atomic E-state index is -1.01. The van der Waals surface area contributed by atoms with E-state index in [1.54, 1.807) is 24.5 Å². The van der Waals surface area contributed by atoms with E-state index in [0.717, 1.165) is 41.0 Å². The molecule has 174 valence electrons. The van der Waals surface area contributed by atoms with Crippen LogP contribution >= 0.6 is 11.3 Å². The molecule has 1 amide bonds. The van der Waals surface area contributed by atoms with Gasteiger partial charge < -0.3 is 21.1 Å². The molecule has 1 atom stereocenters. The lowest BCUT2D eigenvalue weighted by Gasteiger charge is -2.14. The van der Waals surface area contributed by atoms with E-state index in [1.807, 2.05) is 25.1 Å². The van der Waals surface area contributed by atoms with Gasteiger partial charge in [-0.05, 0) is 55.2 Å². The molecule has 4 N–H and O–H groups in total. The van der Waals surface area contributed by atoms with Gasteiger partial charge in [-0.15, -0.1) is 11.3 Å². The maximum atomic E-state index is 12.4. The van der Waals surface area contributed by atoms with Crippen LogP contribution in [0.3, 0.4) is 0 Å². The zero-order chi connectivity index (χ0) is 23.8. The van der Waals surface area contributed by atoms with Crippen LogP contribution in [-0.4, -0.2) is 40.0 Å². The minimum Gasteiger partial charge on any atom is -0.477 e. The number of carbonyl (C=O) groups excluding carboxylic acids is 1. The summed E-state index contributed by atoms with van der Waals surface area (Å²) in [5.74, 6) is -0.250. The first-order valence-electron chi connectivity index (χ1n) is 11.0. The third-order valence-electron chi connectivity index (χ3n) is 5.20. The van der Waals surface area contributed by atoms with Crippen molar-refractivity contribution in [2.24, 2.45) is 5.92 Å². The summed E-state index contributed by atoms with van der Waals surface area (Å²) in [5.41, 5.74) is 3.46. The van der Waals surface area contributed by atoms with Crippen molar-refractivity contribution in [2.75, 3.05) is 29.0 Å². The van der Waals surface area contributed by atoms with E-state index in [9.17, 15) is 14.7 Å². The van der Waals surface area contributed by atoms with Gasteiger partial charge in [0.2, 0.25) is 5.91 Å². The number of carbonyl (C=O) groups is 2. The van der Waals surface area contributed by atoms with E-state index < -0.39 is 5.97 Å². The zero-order valence-corrected chi connectivity index (χ0v) is 19.8. The van der Waals surface area contributed by atoms with Crippen molar-refractivity contribution in [3.05, 3.63) is 53.2 Å². The molecule has 2 aromatic heterocycles. The molecule has 0 aliphatic carbocycles. The molecule has 0 bridgehead atoms. The SMILES string of the molecule is CCNc1nc(-c2ccc(NC(=O)CNc3cnccc3CC(C)CC)cc2)sc1C(=O)O. The number of thiazole rings is 1. The number of hydrogen-bond acceptors (Lipinski definition) is 7. The zero-order valence-electron chi connectivity index (χ0n) is 19.0. The van der Waals surface area contributed by atoms with Crippen LogP contribution in [0.2, 0.25) is 0 Å². The van der Waals surface area contributed by atoms with Gasteiger partial charge in [0.15, 0.2) is 10.7 Å². The average molecular weight is 468 g/mol. The van der Waals surface area contributed by atoms with Crippen LogP contribution in [0.1, 0.15) is 42.4 Å². The molecule has 0 aliphatic heterocycles. The monoisotopic (exact) mass is 467 g/mol. The number of aromatic nitrogens is 2. The normalized spacial score (nSPS) is 11.6. The summed E-state index contributed by atoms with van der Waals surface area (Å²) in [6.45, 7) is 6.97. The van der Waals surface area contributed by atoms with Crippen LogP contribution in [0.15, 0.2) is 42.7 Å². The minimum absolute atomic E-state index is 0.126. The molecule has 9 heteroatoms. The van der Waals surface area contributed by atoms with Gasteiger partial charge in [-0.1, -0.05) is 20.3 Å². The molecule has 1 unspecified atom stereocenters. The van der Waals surface area contributed by atoms with Crippen molar-refractivity contribution < 1.29 is 14.7 Å². The summed E-state index contributed by atoms with van der Waals surface area (Å²) >= 11 is 1.12. The molecule has 0 fully saturated rings. The van der Waals surface area contributed by atoms with Crippen LogP contribution in [0.5, 0.6) is 0 Å². The average Bonchev–Trinajstić information content (AvgIpc) is 3.23. The second-order valence-corrected chi connectivity index (χ2v) is 8.76. The molecule has 0 saturated carbocycles. The molecule has 3 aromatic rings. The Kier molecular flexibility index (Phi) is 8.37. The fourth-order valence-electron chi connectivity index (χ4n) is 3.23. The number of nitrogens with one attached hydrogen (secondary N) is 3. The fourth-order valence-corrected chi connectivity index (χ4v) is 4.12. The molecular formula is C24H29N5O3S. The maximum Gasteiger partial charge on any atom is 0.349 e. The highest BCUT2D eigenvalue weighted by molar-refractivity contribution is 7.17. The van der Waals surface area contributed by atoms with Gasteiger partial charge in [0.1, 0.15) is 5.01 Å². The number of aromatic carboxylic acids is 1. The molecule has 2 heterocycles. The molecule has 1 aromatic carbocycles. The van der Waals surface area contributed by atoms with E-state index in [0.29, 0.717) is 29.0 Å². The van der Waals surface area contributed by atoms with Crippen molar-refractivity contribution in [2.45, 2.75) is 33.6 Å². The van der Waals surface area contributed by atoms with Crippen molar-refractivity contribution in [1.82, 2.24) is 9.97 Å². The van der Waals surface area contributed by atoms with E-state index in [-0.39, 0.29) is 17.3 Å². The first-order chi connectivity index (χ1) is 15.9. The van der Waals surface area contributed by atoms with Crippen LogP contribution in [0.25, 0.3) is 10.6 Å². The number of carboxylic acid groups (broad SMARTS) is 1. The van der Waals surface area contributed by atoms with Gasteiger partial charge in [0, 0.05) is 24.0 Å². The molecule has 3 rings (SSSR count). The van der Waals surface area contributed by atoms with Gasteiger partial charge in [-0.25, -0.2) is 9.78 Å². The number of rotatable bonds is 11. The lowest BCUT2D eigenvalue weighted by Crippen LogP contribution is -2.22. The number of hydrogen-bond donors (Lipinski definition) is 4. The van der Waals surface area contributed by atoms with E-state index >= 15 is 0 Å². The third kappa shape index (κ3) is 6.52. The molecule has 0 saturated heterocycles. The smallest absolute Gasteiger partial charge is 0.349 e. The number of carboxylic acids is 1. The summed E-state index contributed by atoms with van der Waals surface area (Å²) in [7, 11) is 0. The number of benzene rings is 1. The van der Waals surface area contributed by atoms with E-state index in [1.165, 1.54) is 0 Å². The quantitative estimate of drug-likeness (QED) is 0.314. The summed E-state index contributed by atoms with van der Waals surface area (Å²) < 4.78 is 0. The molecule has 33 heavy (non-hydrogen) atoms. The summed E-state index contributed by atoms with van der Waals surface area (Å²) in [5, 5.41) is 19.0. The third-order valence-corrected chi connectivity index (χ3v) is 6.29. The molecule has 0 aliphatic rings. The first kappa shape index (κ1) is 24.2. The summed E-state index contributed by atoms with van der Waals surface area (Å²) in [4.78, 5) is 32.6. The highest BCUT2D eigenvalue weighted by atomic mass is 32.1. The predicted octanol–water partition coefficient (Wildman–Crippen LogP) is 4.97. The lowest BCUT2D eigenvalue weighted by molar-refractivity contribution is -0.114. The Balaban J connectivity index is 1.61. The highest BCUT2D eigenvalue weighted by Gasteiger charge is 2.18. The van der Waals surface area contributed by atoms with E-state index in [2.05, 4.69) is 39.8 Å². The Morgan fingerprint density at radius 1 is 1.12 bits per heavy atom. The maximum absolute atomic E-state index is 12.4. The molecular weight excluding hydrogens is 438 g/mol. The molecule has 0 spiro atoms. The van der Waals surface area contributed by atoms with Crippen molar-refractivity contribution in [3.63, 3.8) is 0 Å². The number of pyridine rings is 1. The van der Waals surface area contributed by atoms with Crippen molar-refractivity contribution in [3.8, 4) is 10.6 Å².